The summed E-state index contributed by atoms with van der Waals surface area (Å²) in [6, 6.07) is 16.0. The van der Waals surface area contributed by atoms with Gasteiger partial charge in [-0.1, -0.05) is 33.6 Å². The van der Waals surface area contributed by atoms with Crippen molar-refractivity contribution in [1.82, 2.24) is 0 Å². The Morgan fingerprint density at radius 3 is 2.00 bits per heavy atom. The van der Waals surface area contributed by atoms with Gasteiger partial charge in [-0.05, 0) is 43.3 Å². The van der Waals surface area contributed by atoms with Crippen LogP contribution in [0.25, 0.3) is 5.70 Å². The summed E-state index contributed by atoms with van der Waals surface area (Å²) in [4.78, 5) is 15.2. The van der Waals surface area contributed by atoms with Crippen LogP contribution in [-0.2, 0) is 0 Å². The van der Waals surface area contributed by atoms with Gasteiger partial charge in [-0.15, -0.1) is 0 Å². The number of alkyl halides is 3. The summed E-state index contributed by atoms with van der Waals surface area (Å²) in [5.41, 5.74) is 0.404. The van der Waals surface area contributed by atoms with Gasteiger partial charge in [-0.25, -0.2) is 0 Å². The van der Waals surface area contributed by atoms with Crippen molar-refractivity contribution in [1.29, 1.82) is 0 Å². The topological polar surface area (TPSA) is 36.2 Å². The first-order chi connectivity index (χ1) is 15.1. The van der Waals surface area contributed by atoms with Gasteiger partial charge in [0, 0.05) is 47.6 Å². The van der Waals surface area contributed by atoms with Crippen LogP contribution in [0.15, 0.2) is 83.2 Å². The van der Waals surface area contributed by atoms with E-state index in [-0.39, 0.29) is 11.3 Å². The maximum atomic E-state index is 14.3. The molecule has 0 fully saturated rings. The predicted molar refractivity (Wildman–Crippen MR) is 124 cm³/mol. The maximum Gasteiger partial charge on any atom is 0.438 e. The second-order valence-corrected chi connectivity index (χ2v) is 8.32. The van der Waals surface area contributed by atoms with Crippen LogP contribution in [0.1, 0.15) is 15.9 Å². The van der Waals surface area contributed by atoms with E-state index < -0.39 is 23.4 Å². The first-order valence-electron chi connectivity index (χ1n) is 9.70. The molecular weight excluding hydrogens is 483 g/mol. The van der Waals surface area contributed by atoms with Gasteiger partial charge >= 0.3 is 6.18 Å². The Hall–Kier alpha value is -3.13. The van der Waals surface area contributed by atoms with Gasteiger partial charge in [-0.2, -0.15) is 17.7 Å². The van der Waals surface area contributed by atoms with E-state index in [1.807, 2.05) is 25.9 Å². The number of carbonyl (C=O) groups excluding carboxylic acids is 1. The lowest BCUT2D eigenvalue weighted by atomic mass is 10.1. The summed E-state index contributed by atoms with van der Waals surface area (Å²) in [6.07, 6.45) is -1.91. The van der Waals surface area contributed by atoms with Crippen LogP contribution in [0.3, 0.4) is 0 Å². The largest absolute Gasteiger partial charge is 0.438 e. The molecule has 0 spiro atoms. The van der Waals surface area contributed by atoms with Gasteiger partial charge in [0.15, 0.2) is 18.1 Å². The van der Waals surface area contributed by atoms with E-state index in [0.29, 0.717) is 0 Å². The van der Waals surface area contributed by atoms with Crippen molar-refractivity contribution in [2.45, 2.75) is 13.1 Å². The van der Waals surface area contributed by atoms with E-state index in [4.69, 9.17) is 0 Å². The molecule has 0 saturated carbocycles. The molecule has 1 N–H and O–H groups in total. The monoisotopic (exact) mass is 504 g/mol. The first-order valence-corrected chi connectivity index (χ1v) is 10.5. The standard InChI is InChI=1S/C24H21BrF3N3O/c1-16-4-10-19(11-5-16)29-23(24(26,27)28)21(22(32)17-6-8-18(25)9-7-17)31-14-12-20(13-15-31)30(2)3/h4-15H,1-3H3/p+1. The van der Waals surface area contributed by atoms with Crippen molar-refractivity contribution in [2.75, 3.05) is 24.3 Å². The zero-order valence-corrected chi connectivity index (χ0v) is 19.3. The van der Waals surface area contributed by atoms with E-state index in [2.05, 4.69) is 21.2 Å². The fraction of sp³-hybridized carbons (Fsp3) is 0.167. The number of aromatic nitrogens is 1. The molecule has 0 aliphatic carbocycles. The van der Waals surface area contributed by atoms with Gasteiger partial charge in [0.1, 0.15) is 0 Å². The number of allylic oxidation sites excluding steroid dienone is 2. The van der Waals surface area contributed by atoms with E-state index in [9.17, 15) is 18.0 Å². The molecule has 0 saturated heterocycles. The van der Waals surface area contributed by atoms with Crippen LogP contribution in [-0.4, -0.2) is 26.1 Å². The molecule has 3 rings (SSSR count). The Labute approximate surface area is 193 Å². The number of anilines is 2. The van der Waals surface area contributed by atoms with Gasteiger partial charge in [0.05, 0.1) is 0 Å². The number of Topliss-reactive ketones (excluding diaryl/α,β-unsaturated/α-hetero) is 1. The number of hydrogen-bond donors (Lipinski definition) is 1. The van der Waals surface area contributed by atoms with Crippen LogP contribution < -0.4 is 14.8 Å². The SMILES string of the molecule is Cc1ccc(NC(=C(C(=O)c2ccc(Br)cc2)[n+]2ccc(N(C)C)cc2)C(F)(F)F)cc1. The molecule has 166 valence electrons. The third-order valence-corrected chi connectivity index (χ3v) is 5.28. The molecule has 3 aromatic rings. The number of halogens is 4. The molecular formula is C24H22BrF3N3O+. The lowest BCUT2D eigenvalue weighted by Gasteiger charge is -2.17. The predicted octanol–water partition coefficient (Wildman–Crippen LogP) is 5.84. The minimum Gasteiger partial charge on any atom is -0.377 e. The fourth-order valence-corrected chi connectivity index (χ4v) is 3.27. The molecule has 0 bridgehead atoms. The number of aryl methyl sites for hydroxylation is 1. The molecule has 32 heavy (non-hydrogen) atoms. The number of benzene rings is 2. The van der Waals surface area contributed by atoms with Gasteiger partial charge < -0.3 is 10.2 Å². The quantitative estimate of drug-likeness (QED) is 0.260. The highest BCUT2D eigenvalue weighted by Gasteiger charge is 2.43. The summed E-state index contributed by atoms with van der Waals surface area (Å²) in [7, 11) is 3.65. The van der Waals surface area contributed by atoms with Crippen LogP contribution >= 0.6 is 15.9 Å². The molecule has 2 aromatic carbocycles. The normalized spacial score (nSPS) is 12.2. The molecule has 8 heteroatoms. The summed E-state index contributed by atoms with van der Waals surface area (Å²) in [5, 5.41) is 2.44. The number of nitrogens with one attached hydrogen (secondary N) is 1. The number of pyridine rings is 1. The van der Waals surface area contributed by atoms with Crippen LogP contribution in [0, 0.1) is 6.92 Å². The molecule has 1 heterocycles. The Balaban J connectivity index is 2.22. The zero-order chi connectivity index (χ0) is 23.5. The highest BCUT2D eigenvalue weighted by atomic mass is 79.9. The Bertz CT molecular complexity index is 1120. The van der Waals surface area contributed by atoms with Crippen molar-refractivity contribution >= 4 is 38.8 Å². The number of rotatable bonds is 6. The minimum atomic E-state index is -4.81. The average Bonchev–Trinajstić information content (AvgIpc) is 2.74. The Kier molecular flexibility index (Phi) is 7.03. The van der Waals surface area contributed by atoms with Crippen molar-refractivity contribution in [3.63, 3.8) is 0 Å². The second-order valence-electron chi connectivity index (χ2n) is 7.41. The van der Waals surface area contributed by atoms with Gasteiger partial charge in [-0.3, -0.25) is 4.79 Å². The van der Waals surface area contributed by atoms with E-state index >= 15 is 0 Å². The molecule has 0 atom stereocenters. The van der Waals surface area contributed by atoms with Gasteiger partial charge in [0.25, 0.3) is 11.5 Å². The molecule has 0 aliphatic rings. The smallest absolute Gasteiger partial charge is 0.377 e. The summed E-state index contributed by atoms with van der Waals surface area (Å²) in [5.74, 6) is -0.757. The number of ketones is 1. The Morgan fingerprint density at radius 1 is 0.938 bits per heavy atom. The van der Waals surface area contributed by atoms with Gasteiger partial charge in [0.2, 0.25) is 0 Å². The first kappa shape index (κ1) is 23.5. The molecule has 0 radical (unpaired) electrons. The summed E-state index contributed by atoms with van der Waals surface area (Å²) < 4.78 is 44.7. The third kappa shape index (κ3) is 5.56. The molecule has 0 aliphatic heterocycles. The highest BCUT2D eigenvalue weighted by Crippen LogP contribution is 2.31. The average molecular weight is 505 g/mol. The van der Waals surface area contributed by atoms with E-state index in [0.717, 1.165) is 15.7 Å². The van der Waals surface area contributed by atoms with Crippen molar-refractivity contribution in [3.8, 4) is 0 Å². The third-order valence-electron chi connectivity index (χ3n) is 4.75. The summed E-state index contributed by atoms with van der Waals surface area (Å²) in [6.45, 7) is 1.84. The van der Waals surface area contributed by atoms with Crippen molar-refractivity contribution in [3.05, 3.63) is 94.4 Å². The van der Waals surface area contributed by atoms with Crippen LogP contribution in [0.2, 0.25) is 0 Å². The number of carbonyl (C=O) groups is 1. The maximum absolute atomic E-state index is 14.3. The van der Waals surface area contributed by atoms with Crippen LogP contribution in [0.5, 0.6) is 0 Å². The lowest BCUT2D eigenvalue weighted by molar-refractivity contribution is -0.577. The van der Waals surface area contributed by atoms with E-state index in [1.54, 1.807) is 48.5 Å². The fourth-order valence-electron chi connectivity index (χ4n) is 3.01. The van der Waals surface area contributed by atoms with Crippen LogP contribution in [0.4, 0.5) is 24.5 Å². The van der Waals surface area contributed by atoms with E-state index in [1.165, 1.54) is 29.1 Å². The molecule has 1 aromatic heterocycles. The molecule has 0 unspecified atom stereocenters. The highest BCUT2D eigenvalue weighted by molar-refractivity contribution is 9.10. The Morgan fingerprint density at radius 2 is 1.50 bits per heavy atom. The second kappa shape index (κ2) is 9.56. The summed E-state index contributed by atoms with van der Waals surface area (Å²) >= 11 is 3.28. The minimum absolute atomic E-state index is 0.139. The molecule has 4 nitrogen and oxygen atoms in total. The number of hydrogen-bond acceptors (Lipinski definition) is 3. The molecule has 0 amide bonds. The zero-order valence-electron chi connectivity index (χ0n) is 17.7. The van der Waals surface area contributed by atoms with Crippen molar-refractivity contribution < 1.29 is 22.5 Å². The lowest BCUT2D eigenvalue weighted by Crippen LogP contribution is -2.41. The van der Waals surface area contributed by atoms with Crippen molar-refractivity contribution in [2.24, 2.45) is 0 Å². The number of nitrogens with zero attached hydrogens (tertiary/aromatic N) is 2.